The van der Waals surface area contributed by atoms with E-state index in [1.807, 2.05) is 6.26 Å². The van der Waals surface area contributed by atoms with Crippen LogP contribution in [0.1, 0.15) is 27.2 Å². The molecule has 5 heteroatoms. The maximum Gasteiger partial charge on any atom is 0.407 e. The fraction of sp³-hybridized carbons (Fsp3) is 0.800. The summed E-state index contributed by atoms with van der Waals surface area (Å²) in [6.45, 7) is 5.73. The molecule has 0 aromatic heterocycles. The lowest BCUT2D eigenvalue weighted by atomic mass is 10.2. The first-order chi connectivity index (χ1) is 6.85. The molecule has 15 heavy (non-hydrogen) atoms. The van der Waals surface area contributed by atoms with E-state index in [-0.39, 0.29) is 5.78 Å². The first kappa shape index (κ1) is 14.3. The van der Waals surface area contributed by atoms with Crippen molar-refractivity contribution in [2.75, 3.05) is 18.6 Å². The Bertz CT molecular complexity index is 223. The molecule has 88 valence electrons. The summed E-state index contributed by atoms with van der Waals surface area (Å²) in [6, 6.07) is 0. The lowest BCUT2D eigenvalue weighted by Crippen LogP contribution is -2.33. The first-order valence-electron chi connectivity index (χ1n) is 4.82. The predicted octanol–water partition coefficient (Wildman–Crippen LogP) is 1.83. The van der Waals surface area contributed by atoms with Gasteiger partial charge in [0.05, 0.1) is 5.75 Å². The molecule has 0 rings (SSSR count). The third-order valence-electron chi connectivity index (χ3n) is 1.38. The van der Waals surface area contributed by atoms with Crippen molar-refractivity contribution in [3.8, 4) is 0 Å². The summed E-state index contributed by atoms with van der Waals surface area (Å²) in [4.78, 5) is 22.2. The van der Waals surface area contributed by atoms with Gasteiger partial charge in [0.2, 0.25) is 0 Å². The van der Waals surface area contributed by atoms with Gasteiger partial charge in [0.25, 0.3) is 0 Å². The summed E-state index contributed by atoms with van der Waals surface area (Å²) in [5, 5.41) is 2.54. The highest BCUT2D eigenvalue weighted by Crippen LogP contribution is 2.06. The average molecular weight is 233 g/mol. The van der Waals surface area contributed by atoms with E-state index in [0.29, 0.717) is 18.7 Å². The molecule has 4 nitrogen and oxygen atoms in total. The molecule has 0 aliphatic rings. The third-order valence-corrected chi connectivity index (χ3v) is 1.99. The number of rotatable bonds is 5. The Balaban J connectivity index is 3.60. The van der Waals surface area contributed by atoms with Crippen LogP contribution >= 0.6 is 11.8 Å². The van der Waals surface area contributed by atoms with E-state index in [2.05, 4.69) is 5.32 Å². The van der Waals surface area contributed by atoms with Gasteiger partial charge in [-0.1, -0.05) is 0 Å². The van der Waals surface area contributed by atoms with Crippen molar-refractivity contribution in [2.24, 2.45) is 0 Å². The zero-order valence-corrected chi connectivity index (χ0v) is 10.6. The minimum Gasteiger partial charge on any atom is -0.444 e. The average Bonchev–Trinajstić information content (AvgIpc) is 2.00. The van der Waals surface area contributed by atoms with Crippen LogP contribution in [0.4, 0.5) is 4.79 Å². The molecule has 0 atom stereocenters. The number of carbonyl (C=O) groups excluding carboxylic acids is 2. The number of ether oxygens (including phenoxy) is 1. The summed E-state index contributed by atoms with van der Waals surface area (Å²) in [6.07, 6.45) is 1.76. The second kappa shape index (κ2) is 6.71. The molecule has 0 aromatic carbocycles. The number of carbonyl (C=O) groups is 2. The molecule has 0 bridgehead atoms. The fourth-order valence-electron chi connectivity index (χ4n) is 0.851. The Hall–Kier alpha value is -0.710. The van der Waals surface area contributed by atoms with E-state index in [1.54, 1.807) is 20.8 Å². The largest absolute Gasteiger partial charge is 0.444 e. The summed E-state index contributed by atoms with van der Waals surface area (Å²) in [5.41, 5.74) is -0.493. The number of hydrogen-bond donors (Lipinski definition) is 1. The lowest BCUT2D eigenvalue weighted by molar-refractivity contribution is -0.116. The van der Waals surface area contributed by atoms with Crippen molar-refractivity contribution in [1.29, 1.82) is 0 Å². The van der Waals surface area contributed by atoms with Gasteiger partial charge >= 0.3 is 6.09 Å². The minimum atomic E-state index is -0.493. The van der Waals surface area contributed by atoms with Crippen molar-refractivity contribution >= 4 is 23.6 Å². The Morgan fingerprint density at radius 1 is 1.33 bits per heavy atom. The Labute approximate surface area is 95.1 Å². The highest BCUT2D eigenvalue weighted by molar-refractivity contribution is 7.99. The van der Waals surface area contributed by atoms with E-state index in [0.717, 1.165) is 0 Å². The van der Waals surface area contributed by atoms with Crippen molar-refractivity contribution < 1.29 is 14.3 Å². The second-order valence-corrected chi connectivity index (χ2v) is 5.02. The van der Waals surface area contributed by atoms with Crippen molar-refractivity contribution in [3.63, 3.8) is 0 Å². The summed E-state index contributed by atoms with van der Waals surface area (Å²) in [5.74, 6) is 0.634. The van der Waals surface area contributed by atoms with E-state index in [9.17, 15) is 9.59 Å². The molecular weight excluding hydrogens is 214 g/mol. The number of thioether (sulfide) groups is 1. The van der Waals surface area contributed by atoms with Gasteiger partial charge in [-0.25, -0.2) is 4.79 Å². The van der Waals surface area contributed by atoms with Crippen LogP contribution in [0.2, 0.25) is 0 Å². The Kier molecular flexibility index (Phi) is 6.40. The molecule has 0 aliphatic carbocycles. The molecule has 0 saturated carbocycles. The standard InChI is InChI=1S/C10H19NO3S/c1-10(2,3)14-9(13)11-6-5-8(12)7-15-4/h5-7H2,1-4H3,(H,11,13). The number of Topliss-reactive ketones (excluding diaryl/α,β-unsaturated/α-hetero) is 1. The number of ketones is 1. The van der Waals surface area contributed by atoms with Gasteiger partial charge in [0.15, 0.2) is 0 Å². The van der Waals surface area contributed by atoms with Gasteiger partial charge in [0.1, 0.15) is 11.4 Å². The molecule has 1 N–H and O–H groups in total. The van der Waals surface area contributed by atoms with E-state index in [1.165, 1.54) is 11.8 Å². The quantitative estimate of drug-likeness (QED) is 0.787. The predicted molar refractivity (Wildman–Crippen MR) is 62.2 cm³/mol. The number of alkyl carbamates (subject to hydrolysis) is 1. The summed E-state index contributed by atoms with van der Waals surface area (Å²) < 4.78 is 5.01. The maximum absolute atomic E-state index is 11.1. The van der Waals surface area contributed by atoms with Crippen LogP contribution < -0.4 is 5.32 Å². The van der Waals surface area contributed by atoms with Crippen molar-refractivity contribution in [1.82, 2.24) is 5.32 Å². The minimum absolute atomic E-state index is 0.138. The van der Waals surface area contributed by atoms with Gasteiger partial charge in [0, 0.05) is 13.0 Å². The molecule has 0 heterocycles. The van der Waals surface area contributed by atoms with Crippen LogP contribution in [0.3, 0.4) is 0 Å². The van der Waals surface area contributed by atoms with Gasteiger partial charge in [-0.05, 0) is 27.0 Å². The Morgan fingerprint density at radius 2 is 1.93 bits per heavy atom. The number of nitrogens with one attached hydrogen (secondary N) is 1. The number of hydrogen-bond acceptors (Lipinski definition) is 4. The highest BCUT2D eigenvalue weighted by Gasteiger charge is 2.15. The third kappa shape index (κ3) is 9.59. The first-order valence-corrected chi connectivity index (χ1v) is 6.22. The molecule has 0 fully saturated rings. The molecule has 0 unspecified atom stereocenters. The highest BCUT2D eigenvalue weighted by atomic mass is 32.2. The second-order valence-electron chi connectivity index (χ2n) is 4.15. The van der Waals surface area contributed by atoms with Gasteiger partial charge < -0.3 is 10.1 Å². The normalized spacial score (nSPS) is 10.9. The SMILES string of the molecule is CSCC(=O)CCNC(=O)OC(C)(C)C. The van der Waals surface area contributed by atoms with Crippen molar-refractivity contribution in [2.45, 2.75) is 32.8 Å². The van der Waals surface area contributed by atoms with Gasteiger partial charge in [-0.2, -0.15) is 11.8 Å². The Morgan fingerprint density at radius 3 is 2.40 bits per heavy atom. The molecule has 1 amide bonds. The molecule has 0 aromatic rings. The topological polar surface area (TPSA) is 55.4 Å². The fourth-order valence-corrected chi connectivity index (χ4v) is 1.32. The monoisotopic (exact) mass is 233 g/mol. The molecule has 0 radical (unpaired) electrons. The van der Waals surface area contributed by atoms with Crippen LogP contribution in [0, 0.1) is 0 Å². The lowest BCUT2D eigenvalue weighted by Gasteiger charge is -2.19. The molecule has 0 aliphatic heterocycles. The van der Waals surface area contributed by atoms with E-state index in [4.69, 9.17) is 4.74 Å². The van der Waals surface area contributed by atoms with Crippen LogP contribution in [0.15, 0.2) is 0 Å². The summed E-state index contributed by atoms with van der Waals surface area (Å²) in [7, 11) is 0. The van der Waals surface area contributed by atoms with Crippen LogP contribution in [0.5, 0.6) is 0 Å². The maximum atomic E-state index is 11.1. The summed E-state index contributed by atoms with van der Waals surface area (Å²) >= 11 is 1.49. The molecular formula is C10H19NO3S. The molecule has 0 saturated heterocycles. The van der Waals surface area contributed by atoms with Gasteiger partial charge in [-0.3, -0.25) is 4.79 Å². The zero-order chi connectivity index (χ0) is 11.9. The van der Waals surface area contributed by atoms with E-state index >= 15 is 0 Å². The molecule has 0 spiro atoms. The van der Waals surface area contributed by atoms with E-state index < -0.39 is 11.7 Å². The van der Waals surface area contributed by atoms with Gasteiger partial charge in [-0.15, -0.1) is 0 Å². The van der Waals surface area contributed by atoms with Crippen LogP contribution in [-0.4, -0.2) is 36.0 Å². The van der Waals surface area contributed by atoms with Crippen LogP contribution in [0.25, 0.3) is 0 Å². The number of amides is 1. The van der Waals surface area contributed by atoms with Crippen LogP contribution in [-0.2, 0) is 9.53 Å². The smallest absolute Gasteiger partial charge is 0.407 e. The van der Waals surface area contributed by atoms with Crippen molar-refractivity contribution in [3.05, 3.63) is 0 Å². The zero-order valence-electron chi connectivity index (χ0n) is 9.75.